The predicted octanol–water partition coefficient (Wildman–Crippen LogP) is 1.24. The lowest BCUT2D eigenvalue weighted by atomic mass is 10.4. The van der Waals surface area contributed by atoms with Crippen molar-refractivity contribution in [1.29, 1.82) is 0 Å². The van der Waals surface area contributed by atoms with Gasteiger partial charge in [0.2, 0.25) is 0 Å². The van der Waals surface area contributed by atoms with E-state index in [4.69, 9.17) is 11.6 Å². The van der Waals surface area contributed by atoms with Crippen LogP contribution in [0.4, 0.5) is 0 Å². The lowest BCUT2D eigenvalue weighted by Gasteiger charge is -2.09. The highest BCUT2D eigenvalue weighted by Gasteiger charge is 2.22. The monoisotopic (exact) mass is 332 g/mol. The molecule has 0 spiro atoms. The van der Waals surface area contributed by atoms with Crippen molar-refractivity contribution in [1.82, 2.24) is 30.0 Å². The first-order chi connectivity index (χ1) is 9.84. The van der Waals surface area contributed by atoms with Crippen LogP contribution in [-0.4, -0.2) is 38.4 Å². The van der Waals surface area contributed by atoms with E-state index in [1.165, 1.54) is 10.9 Å². The fourth-order valence-electron chi connectivity index (χ4n) is 1.97. The maximum absolute atomic E-state index is 12.4. The van der Waals surface area contributed by atoms with Crippen molar-refractivity contribution in [2.24, 2.45) is 0 Å². The van der Waals surface area contributed by atoms with Crippen molar-refractivity contribution in [3.05, 3.63) is 22.7 Å². The van der Waals surface area contributed by atoms with Gasteiger partial charge in [0.25, 0.3) is 0 Å². The minimum atomic E-state index is -3.45. The highest BCUT2D eigenvalue weighted by atomic mass is 35.5. The molecule has 0 saturated heterocycles. The first-order valence-corrected chi connectivity index (χ1v) is 8.71. The molecule has 0 aliphatic carbocycles. The third-order valence-corrected chi connectivity index (χ3v) is 4.68. The van der Waals surface area contributed by atoms with E-state index in [1.807, 2.05) is 20.8 Å². The summed E-state index contributed by atoms with van der Waals surface area (Å²) >= 11 is 6.00. The molecule has 116 valence electrons. The Kier molecular flexibility index (Phi) is 4.62. The minimum absolute atomic E-state index is 0.00467. The average molecular weight is 333 g/mol. The molecule has 0 N–H and O–H groups in total. The standard InChI is InChI=1S/C11H17ClN6O2S/c1-4-17-10(9(12)5-13-17)6-21(19,20)7-11-14-15-16-18(11)8(2)3/h5,8H,4,6-7H2,1-3H3. The SMILES string of the molecule is CCn1ncc(Cl)c1CS(=O)(=O)Cc1nnnn1C(C)C. The number of sulfone groups is 1. The molecule has 0 amide bonds. The van der Waals surface area contributed by atoms with Gasteiger partial charge in [0, 0.05) is 6.54 Å². The van der Waals surface area contributed by atoms with E-state index >= 15 is 0 Å². The van der Waals surface area contributed by atoms with E-state index < -0.39 is 9.84 Å². The topological polar surface area (TPSA) is 95.6 Å². The quantitative estimate of drug-likeness (QED) is 0.789. The third-order valence-electron chi connectivity index (χ3n) is 2.95. The van der Waals surface area contributed by atoms with E-state index in [0.29, 0.717) is 23.1 Å². The summed E-state index contributed by atoms with van der Waals surface area (Å²) in [6.07, 6.45) is 1.45. The first kappa shape index (κ1) is 15.9. The van der Waals surface area contributed by atoms with Gasteiger partial charge in [-0.3, -0.25) is 4.68 Å². The molecule has 0 saturated carbocycles. The van der Waals surface area contributed by atoms with Crippen molar-refractivity contribution in [3.63, 3.8) is 0 Å². The lowest BCUT2D eigenvalue weighted by molar-refractivity contribution is 0.498. The molecular formula is C11H17ClN6O2S. The summed E-state index contributed by atoms with van der Waals surface area (Å²) in [5.74, 6) is -0.0997. The van der Waals surface area contributed by atoms with Crippen molar-refractivity contribution in [2.45, 2.75) is 44.9 Å². The molecule has 2 rings (SSSR count). The van der Waals surface area contributed by atoms with Crippen LogP contribution in [0.5, 0.6) is 0 Å². The Hall–Kier alpha value is -1.48. The van der Waals surface area contributed by atoms with Crippen LogP contribution in [-0.2, 0) is 27.9 Å². The molecule has 2 heterocycles. The van der Waals surface area contributed by atoms with Gasteiger partial charge >= 0.3 is 0 Å². The van der Waals surface area contributed by atoms with Crippen LogP contribution in [0.3, 0.4) is 0 Å². The maximum Gasteiger partial charge on any atom is 0.166 e. The van der Waals surface area contributed by atoms with Crippen LogP contribution in [0.2, 0.25) is 5.02 Å². The fraction of sp³-hybridized carbons (Fsp3) is 0.636. The van der Waals surface area contributed by atoms with Gasteiger partial charge in [-0.15, -0.1) is 5.10 Å². The van der Waals surface area contributed by atoms with E-state index in [1.54, 1.807) is 4.68 Å². The van der Waals surface area contributed by atoms with Crippen molar-refractivity contribution >= 4 is 21.4 Å². The number of tetrazole rings is 1. The van der Waals surface area contributed by atoms with Gasteiger partial charge in [0.05, 0.1) is 28.7 Å². The molecule has 8 nitrogen and oxygen atoms in total. The largest absolute Gasteiger partial charge is 0.267 e. The summed E-state index contributed by atoms with van der Waals surface area (Å²) in [5, 5.41) is 15.5. The van der Waals surface area contributed by atoms with Crippen LogP contribution in [0.25, 0.3) is 0 Å². The van der Waals surface area contributed by atoms with Crippen molar-refractivity contribution in [3.8, 4) is 0 Å². The van der Waals surface area contributed by atoms with Crippen LogP contribution in [0.1, 0.15) is 38.3 Å². The number of hydrogen-bond donors (Lipinski definition) is 0. The summed E-state index contributed by atoms with van der Waals surface area (Å²) in [4.78, 5) is 0. The summed E-state index contributed by atoms with van der Waals surface area (Å²) < 4.78 is 27.8. The first-order valence-electron chi connectivity index (χ1n) is 6.51. The Balaban J connectivity index is 2.23. The average Bonchev–Trinajstić information content (AvgIpc) is 2.97. The molecule has 0 atom stereocenters. The van der Waals surface area contributed by atoms with E-state index in [9.17, 15) is 8.42 Å². The molecule has 0 aliphatic heterocycles. The second-order valence-electron chi connectivity index (χ2n) is 4.92. The second kappa shape index (κ2) is 6.10. The van der Waals surface area contributed by atoms with Gasteiger partial charge in [-0.25, -0.2) is 13.1 Å². The number of aromatic nitrogens is 6. The third kappa shape index (κ3) is 3.59. The van der Waals surface area contributed by atoms with Crippen LogP contribution in [0.15, 0.2) is 6.20 Å². The molecule has 0 unspecified atom stereocenters. The Bertz CT molecular complexity index is 721. The highest BCUT2D eigenvalue weighted by Crippen LogP contribution is 2.20. The fourth-order valence-corrected chi connectivity index (χ4v) is 3.66. The van der Waals surface area contributed by atoms with Crippen LogP contribution in [0, 0.1) is 0 Å². The molecule has 0 radical (unpaired) electrons. The molecule has 0 bridgehead atoms. The van der Waals surface area contributed by atoms with Gasteiger partial charge in [-0.1, -0.05) is 11.6 Å². The van der Waals surface area contributed by atoms with Gasteiger partial charge in [-0.2, -0.15) is 5.10 Å². The zero-order valence-corrected chi connectivity index (χ0v) is 13.6. The summed E-state index contributed by atoms with van der Waals surface area (Å²) in [6, 6.07) is -0.00467. The molecule has 0 aliphatic rings. The van der Waals surface area contributed by atoms with Gasteiger partial charge < -0.3 is 0 Å². The minimum Gasteiger partial charge on any atom is -0.267 e. The van der Waals surface area contributed by atoms with Gasteiger partial charge in [0.15, 0.2) is 15.7 Å². The Morgan fingerprint density at radius 3 is 2.67 bits per heavy atom. The van der Waals surface area contributed by atoms with E-state index in [0.717, 1.165) is 0 Å². The number of aryl methyl sites for hydroxylation is 1. The number of nitrogens with zero attached hydrogens (tertiary/aromatic N) is 6. The Labute approximate surface area is 128 Å². The summed E-state index contributed by atoms with van der Waals surface area (Å²) in [5.41, 5.74) is 0.489. The Morgan fingerprint density at radius 1 is 1.33 bits per heavy atom. The second-order valence-corrected chi connectivity index (χ2v) is 7.39. The molecule has 21 heavy (non-hydrogen) atoms. The van der Waals surface area contributed by atoms with Crippen LogP contribution >= 0.6 is 11.6 Å². The van der Waals surface area contributed by atoms with Crippen molar-refractivity contribution < 1.29 is 8.42 Å². The predicted molar refractivity (Wildman–Crippen MR) is 77.4 cm³/mol. The number of hydrogen-bond acceptors (Lipinski definition) is 6. The normalized spacial score (nSPS) is 12.2. The van der Waals surface area contributed by atoms with E-state index in [2.05, 4.69) is 20.6 Å². The van der Waals surface area contributed by atoms with Gasteiger partial charge in [-0.05, 0) is 31.2 Å². The molecule has 10 heteroatoms. The molecule has 2 aromatic heterocycles. The molecule has 0 aromatic carbocycles. The lowest BCUT2D eigenvalue weighted by Crippen LogP contribution is -2.16. The number of rotatable bonds is 6. The smallest absolute Gasteiger partial charge is 0.166 e. The Morgan fingerprint density at radius 2 is 2.05 bits per heavy atom. The van der Waals surface area contributed by atoms with Crippen LogP contribution < -0.4 is 0 Å². The van der Waals surface area contributed by atoms with Crippen molar-refractivity contribution in [2.75, 3.05) is 0 Å². The molecule has 0 fully saturated rings. The van der Waals surface area contributed by atoms with E-state index in [-0.39, 0.29) is 17.5 Å². The zero-order chi connectivity index (χ0) is 15.6. The summed E-state index contributed by atoms with van der Waals surface area (Å²) in [6.45, 7) is 6.20. The summed E-state index contributed by atoms with van der Waals surface area (Å²) in [7, 11) is -3.45. The number of halogens is 1. The molecule has 2 aromatic rings. The van der Waals surface area contributed by atoms with Gasteiger partial charge in [0.1, 0.15) is 5.75 Å². The maximum atomic E-state index is 12.4. The highest BCUT2D eigenvalue weighted by molar-refractivity contribution is 7.89. The molecular weight excluding hydrogens is 316 g/mol. The zero-order valence-electron chi connectivity index (χ0n) is 12.1.